The zero-order valence-electron chi connectivity index (χ0n) is 15.2. The molecule has 3 aromatic carbocycles. The molecule has 0 amide bonds. The van der Waals surface area contributed by atoms with Crippen LogP contribution in [0.4, 0.5) is 5.69 Å². The Balaban J connectivity index is 1.98. The van der Waals surface area contributed by atoms with Crippen LogP contribution in [0.5, 0.6) is 0 Å². The topological polar surface area (TPSA) is 28.1 Å². The van der Waals surface area contributed by atoms with Crippen LogP contribution in [0.1, 0.15) is 11.1 Å². The Hall–Kier alpha value is -2.98. The molecule has 0 fully saturated rings. The van der Waals surface area contributed by atoms with Gasteiger partial charge in [-0.1, -0.05) is 72.3 Å². The fraction of sp³-hybridized carbons (Fsp3) is 0.136. The highest BCUT2D eigenvalue weighted by Gasteiger charge is 2.48. The minimum Gasteiger partial charge on any atom is -0.337 e. The number of hydrogen-bond donors (Lipinski definition) is 0. The van der Waals surface area contributed by atoms with Crippen LogP contribution in [0.2, 0.25) is 5.02 Å². The Morgan fingerprint density at radius 2 is 1.33 bits per heavy atom. The lowest BCUT2D eigenvalue weighted by Crippen LogP contribution is -2.42. The Labute approximate surface area is 164 Å². The summed E-state index contributed by atoms with van der Waals surface area (Å²) in [5.74, 6) is 0. The van der Waals surface area contributed by atoms with Crippen molar-refractivity contribution in [3.8, 4) is 0 Å². The number of anilines is 1. The van der Waals surface area contributed by atoms with Crippen LogP contribution in [0.25, 0.3) is 0 Å². The van der Waals surface area contributed by atoms with Gasteiger partial charge in [0.15, 0.2) is 0 Å². The van der Waals surface area contributed by atoms with Crippen LogP contribution < -0.4 is 5.06 Å². The Morgan fingerprint density at radius 3 is 1.81 bits per heavy atom. The van der Waals surface area contributed by atoms with Crippen LogP contribution in [0.3, 0.4) is 0 Å². The first-order valence-electron chi connectivity index (χ1n) is 8.73. The van der Waals surface area contributed by atoms with E-state index in [9.17, 15) is 0 Å². The van der Waals surface area contributed by atoms with Gasteiger partial charge in [0.25, 0.3) is 0 Å². The Morgan fingerprint density at radius 1 is 0.815 bits per heavy atom. The van der Waals surface area contributed by atoms with Gasteiger partial charge in [0.2, 0.25) is 5.66 Å². The van der Waals surface area contributed by atoms with Gasteiger partial charge in [-0.25, -0.2) is 0 Å². The van der Waals surface area contributed by atoms with E-state index in [1.54, 1.807) is 0 Å². The van der Waals surface area contributed by atoms with Gasteiger partial charge in [0.1, 0.15) is 0 Å². The van der Waals surface area contributed by atoms with Gasteiger partial charge >= 0.3 is 6.02 Å². The molecule has 136 valence electrons. The maximum Gasteiger partial charge on any atom is 0.317 e. The molecular weight excluding hydrogens is 358 g/mol. The summed E-state index contributed by atoms with van der Waals surface area (Å²) < 4.78 is 0. The van der Waals surface area contributed by atoms with Gasteiger partial charge < -0.3 is 9.74 Å². The molecule has 0 atom stereocenters. The summed E-state index contributed by atoms with van der Waals surface area (Å²) in [6, 6.07) is 28.5. The van der Waals surface area contributed by atoms with E-state index in [0.29, 0.717) is 11.0 Å². The highest BCUT2D eigenvalue weighted by atomic mass is 35.5. The number of benzene rings is 3. The van der Waals surface area contributed by atoms with Crippen molar-refractivity contribution in [1.82, 2.24) is 4.90 Å². The number of rotatable bonds is 3. The molecule has 0 saturated heterocycles. The summed E-state index contributed by atoms with van der Waals surface area (Å²) >= 11 is 6.11. The lowest BCUT2D eigenvalue weighted by Gasteiger charge is -2.35. The third-order valence-electron chi connectivity index (χ3n) is 4.52. The molecule has 0 bridgehead atoms. The molecule has 0 radical (unpaired) electrons. The predicted octanol–water partition coefficient (Wildman–Crippen LogP) is 4.91. The SMILES string of the molecule is CN(C)C1=NC(c2ccccc2)(c2ccccc2)N(c2ccc(Cl)cc2)O1. The van der Waals surface area contributed by atoms with Crippen molar-refractivity contribution in [3.05, 3.63) is 101 Å². The Bertz CT molecular complexity index is 901. The van der Waals surface area contributed by atoms with E-state index in [2.05, 4.69) is 24.3 Å². The molecule has 4 rings (SSSR count). The minimum absolute atomic E-state index is 0.539. The van der Waals surface area contributed by atoms with Crippen molar-refractivity contribution < 1.29 is 4.84 Å². The number of halogens is 1. The normalized spacial score (nSPS) is 15.2. The number of aliphatic imine (C=N–C) groups is 1. The largest absolute Gasteiger partial charge is 0.337 e. The standard InChI is InChI=1S/C22H20ClN3O/c1-25(2)21-24-22(17-9-5-3-6-10-17,18-11-7-4-8-12-18)26(27-21)20-15-13-19(23)14-16-20/h3-16H,1-2H3. The molecular formula is C22H20ClN3O. The first kappa shape index (κ1) is 17.4. The van der Waals surface area contributed by atoms with Crippen LogP contribution in [-0.2, 0) is 10.5 Å². The van der Waals surface area contributed by atoms with Gasteiger partial charge in [-0.15, -0.1) is 0 Å². The molecule has 0 unspecified atom stereocenters. The van der Waals surface area contributed by atoms with E-state index in [4.69, 9.17) is 21.4 Å². The van der Waals surface area contributed by atoms with E-state index >= 15 is 0 Å². The summed E-state index contributed by atoms with van der Waals surface area (Å²) in [6.45, 7) is 0. The first-order chi connectivity index (χ1) is 13.1. The van der Waals surface area contributed by atoms with Crippen molar-refractivity contribution in [2.24, 2.45) is 4.99 Å². The van der Waals surface area contributed by atoms with Crippen molar-refractivity contribution in [2.75, 3.05) is 19.2 Å². The molecule has 0 spiro atoms. The molecule has 1 heterocycles. The minimum atomic E-state index is -0.837. The summed E-state index contributed by atoms with van der Waals surface area (Å²) in [6.07, 6.45) is 0. The van der Waals surface area contributed by atoms with E-state index in [-0.39, 0.29) is 0 Å². The third kappa shape index (κ3) is 3.02. The van der Waals surface area contributed by atoms with Crippen molar-refractivity contribution in [2.45, 2.75) is 5.66 Å². The Kier molecular flexibility index (Phi) is 4.50. The lowest BCUT2D eigenvalue weighted by atomic mass is 9.91. The summed E-state index contributed by atoms with van der Waals surface area (Å²) in [7, 11) is 3.84. The molecule has 0 saturated carbocycles. The zero-order valence-corrected chi connectivity index (χ0v) is 16.0. The predicted molar refractivity (Wildman–Crippen MR) is 110 cm³/mol. The first-order valence-corrected chi connectivity index (χ1v) is 9.11. The number of hydrogen-bond acceptors (Lipinski definition) is 4. The van der Waals surface area contributed by atoms with Gasteiger partial charge in [-0.05, 0) is 24.3 Å². The summed E-state index contributed by atoms with van der Waals surface area (Å²) in [5, 5.41) is 2.53. The smallest absolute Gasteiger partial charge is 0.317 e. The van der Waals surface area contributed by atoms with Crippen LogP contribution in [0, 0.1) is 0 Å². The average Bonchev–Trinajstić information content (AvgIpc) is 3.12. The third-order valence-corrected chi connectivity index (χ3v) is 4.77. The van der Waals surface area contributed by atoms with E-state index in [1.165, 1.54) is 0 Å². The highest BCUT2D eigenvalue weighted by molar-refractivity contribution is 6.30. The molecule has 0 aliphatic carbocycles. The fourth-order valence-corrected chi connectivity index (χ4v) is 3.35. The second-order valence-corrected chi connectivity index (χ2v) is 6.99. The van der Waals surface area contributed by atoms with Gasteiger partial charge in [0, 0.05) is 30.2 Å². The molecule has 3 aromatic rings. The molecule has 1 aliphatic heterocycles. The number of hydroxylamine groups is 1. The molecule has 0 aromatic heterocycles. The second kappa shape index (κ2) is 6.97. The van der Waals surface area contributed by atoms with E-state index in [1.807, 2.05) is 84.7 Å². The second-order valence-electron chi connectivity index (χ2n) is 6.56. The van der Waals surface area contributed by atoms with Gasteiger partial charge in [-0.3, -0.25) is 0 Å². The maximum atomic E-state index is 6.24. The summed E-state index contributed by atoms with van der Waals surface area (Å²) in [5.41, 5.74) is 2.06. The molecule has 1 aliphatic rings. The highest BCUT2D eigenvalue weighted by Crippen LogP contribution is 2.44. The summed E-state index contributed by atoms with van der Waals surface area (Å²) in [4.78, 5) is 13.2. The van der Waals surface area contributed by atoms with Crippen LogP contribution in [-0.4, -0.2) is 25.0 Å². The monoisotopic (exact) mass is 377 g/mol. The van der Waals surface area contributed by atoms with Crippen LogP contribution in [0.15, 0.2) is 89.9 Å². The van der Waals surface area contributed by atoms with Gasteiger partial charge in [-0.2, -0.15) is 10.1 Å². The average molecular weight is 378 g/mol. The molecule has 27 heavy (non-hydrogen) atoms. The molecule has 5 heteroatoms. The maximum absolute atomic E-state index is 6.24. The molecule has 0 N–H and O–H groups in total. The van der Waals surface area contributed by atoms with Crippen molar-refractivity contribution >= 4 is 23.3 Å². The molecule has 4 nitrogen and oxygen atoms in total. The van der Waals surface area contributed by atoms with E-state index in [0.717, 1.165) is 16.8 Å². The number of amidine groups is 1. The van der Waals surface area contributed by atoms with Gasteiger partial charge in [0.05, 0.1) is 5.69 Å². The number of nitrogens with zero attached hydrogens (tertiary/aromatic N) is 3. The van der Waals surface area contributed by atoms with Crippen molar-refractivity contribution in [3.63, 3.8) is 0 Å². The van der Waals surface area contributed by atoms with E-state index < -0.39 is 5.66 Å². The van der Waals surface area contributed by atoms with Crippen LogP contribution >= 0.6 is 11.6 Å². The fourth-order valence-electron chi connectivity index (χ4n) is 3.22. The van der Waals surface area contributed by atoms with Crippen molar-refractivity contribution in [1.29, 1.82) is 0 Å². The lowest BCUT2D eigenvalue weighted by molar-refractivity contribution is 0.208. The quantitative estimate of drug-likeness (QED) is 0.649. The zero-order chi connectivity index (χ0) is 18.9.